The Bertz CT molecular complexity index is 1030. The molecular formula is C22H18N2O4. The molecule has 28 heavy (non-hydrogen) atoms. The smallest absolute Gasteiger partial charge is 0.338 e. The van der Waals surface area contributed by atoms with Gasteiger partial charge in [-0.25, -0.2) is 9.59 Å². The highest BCUT2D eigenvalue weighted by atomic mass is 16.5. The minimum atomic E-state index is -1.13. The number of nitrogen functional groups attached to an aromatic ring is 1. The van der Waals surface area contributed by atoms with E-state index < -0.39 is 11.9 Å². The molecule has 4 N–H and O–H groups in total. The Hall–Kier alpha value is -3.64. The Morgan fingerprint density at radius 2 is 1.57 bits per heavy atom. The van der Waals surface area contributed by atoms with E-state index in [1.807, 2.05) is 36.4 Å². The number of fused-ring (bicyclic) bond motifs is 3. The first-order chi connectivity index (χ1) is 13.6. The number of carbonyl (C=O) groups is 2. The van der Waals surface area contributed by atoms with Crippen molar-refractivity contribution in [2.45, 2.75) is 5.92 Å². The van der Waals surface area contributed by atoms with Gasteiger partial charge in [0.25, 0.3) is 0 Å². The van der Waals surface area contributed by atoms with Crippen molar-refractivity contribution in [3.8, 4) is 11.1 Å². The molecule has 6 heteroatoms. The van der Waals surface area contributed by atoms with E-state index in [0.29, 0.717) is 0 Å². The average Bonchev–Trinajstić information content (AvgIpc) is 3.05. The van der Waals surface area contributed by atoms with Crippen molar-refractivity contribution >= 4 is 17.6 Å². The number of nitrogens with two attached hydrogens (primary N) is 1. The van der Waals surface area contributed by atoms with Gasteiger partial charge in [-0.1, -0.05) is 48.5 Å². The van der Waals surface area contributed by atoms with E-state index in [-0.39, 0.29) is 29.3 Å². The van der Waals surface area contributed by atoms with Crippen LogP contribution in [0.4, 0.5) is 5.69 Å². The van der Waals surface area contributed by atoms with Crippen molar-refractivity contribution in [1.29, 1.82) is 0 Å². The van der Waals surface area contributed by atoms with Gasteiger partial charge in [0, 0.05) is 5.92 Å². The molecule has 0 aliphatic heterocycles. The number of benzene rings is 3. The molecule has 6 nitrogen and oxygen atoms in total. The first-order valence-corrected chi connectivity index (χ1v) is 8.79. The van der Waals surface area contributed by atoms with Crippen molar-refractivity contribution in [3.05, 3.63) is 89.0 Å². The van der Waals surface area contributed by atoms with Crippen molar-refractivity contribution in [2.75, 3.05) is 12.0 Å². The molecule has 4 rings (SSSR count). The molecule has 3 aromatic carbocycles. The number of rotatable bonds is 5. The summed E-state index contributed by atoms with van der Waals surface area (Å²) < 4.78 is 5.57. The van der Waals surface area contributed by atoms with Crippen LogP contribution in [0.1, 0.15) is 37.8 Å². The van der Waals surface area contributed by atoms with E-state index in [0.717, 1.165) is 22.3 Å². The SMILES string of the molecule is NNc1cc(C(=O)OCC2c3ccccc3-c3ccccc32)ccc1C(=O)O. The minimum Gasteiger partial charge on any atom is -0.478 e. The molecule has 1 aliphatic carbocycles. The molecule has 0 radical (unpaired) electrons. The maximum Gasteiger partial charge on any atom is 0.338 e. The highest BCUT2D eigenvalue weighted by Crippen LogP contribution is 2.44. The number of esters is 1. The molecule has 0 saturated carbocycles. The van der Waals surface area contributed by atoms with Crippen LogP contribution in [0.25, 0.3) is 11.1 Å². The van der Waals surface area contributed by atoms with Crippen molar-refractivity contribution in [1.82, 2.24) is 0 Å². The van der Waals surface area contributed by atoms with Gasteiger partial charge >= 0.3 is 11.9 Å². The van der Waals surface area contributed by atoms with Crippen LogP contribution in [0.2, 0.25) is 0 Å². The van der Waals surface area contributed by atoms with Crippen LogP contribution in [-0.2, 0) is 4.74 Å². The summed E-state index contributed by atoms with van der Waals surface area (Å²) in [7, 11) is 0. The van der Waals surface area contributed by atoms with E-state index in [9.17, 15) is 9.59 Å². The van der Waals surface area contributed by atoms with Crippen LogP contribution in [0, 0.1) is 0 Å². The van der Waals surface area contributed by atoms with Gasteiger partial charge in [0.1, 0.15) is 6.61 Å². The zero-order valence-electron chi connectivity index (χ0n) is 14.9. The van der Waals surface area contributed by atoms with Gasteiger partial charge in [0.05, 0.1) is 16.8 Å². The number of aromatic carboxylic acids is 1. The number of carboxylic acid groups (broad SMARTS) is 1. The molecule has 0 atom stereocenters. The quantitative estimate of drug-likeness (QED) is 0.358. The molecular weight excluding hydrogens is 356 g/mol. The van der Waals surface area contributed by atoms with E-state index >= 15 is 0 Å². The topological polar surface area (TPSA) is 102 Å². The summed E-state index contributed by atoms with van der Waals surface area (Å²) >= 11 is 0. The van der Waals surface area contributed by atoms with Crippen molar-refractivity contribution < 1.29 is 19.4 Å². The Balaban J connectivity index is 1.57. The zero-order chi connectivity index (χ0) is 19.7. The fourth-order valence-electron chi connectivity index (χ4n) is 3.66. The first kappa shape index (κ1) is 17.8. The predicted molar refractivity (Wildman–Crippen MR) is 105 cm³/mol. The maximum atomic E-state index is 12.5. The van der Waals surface area contributed by atoms with Gasteiger partial charge in [-0.2, -0.15) is 0 Å². The van der Waals surface area contributed by atoms with Gasteiger partial charge in [0.15, 0.2) is 0 Å². The van der Waals surface area contributed by atoms with Gasteiger partial charge in [0.2, 0.25) is 0 Å². The molecule has 0 amide bonds. The summed E-state index contributed by atoms with van der Waals surface area (Å²) in [6.07, 6.45) is 0. The Labute approximate surface area is 161 Å². The van der Waals surface area contributed by atoms with Gasteiger partial charge < -0.3 is 15.3 Å². The summed E-state index contributed by atoms with van der Waals surface area (Å²) in [5.41, 5.74) is 7.23. The van der Waals surface area contributed by atoms with Gasteiger partial charge in [-0.05, 0) is 40.5 Å². The molecule has 0 bridgehead atoms. The van der Waals surface area contributed by atoms with Crippen molar-refractivity contribution in [3.63, 3.8) is 0 Å². The number of carbonyl (C=O) groups excluding carboxylic acids is 1. The minimum absolute atomic E-state index is 0.0160. The molecule has 0 spiro atoms. The third kappa shape index (κ3) is 3.00. The monoisotopic (exact) mass is 374 g/mol. The number of hydrogen-bond donors (Lipinski definition) is 3. The third-order valence-electron chi connectivity index (χ3n) is 4.98. The fraction of sp³-hybridized carbons (Fsp3) is 0.0909. The Morgan fingerprint density at radius 3 is 2.14 bits per heavy atom. The lowest BCUT2D eigenvalue weighted by molar-refractivity contribution is 0.0492. The number of anilines is 1. The number of carboxylic acids is 1. The molecule has 0 unspecified atom stereocenters. The standard InChI is InChI=1S/C22H18N2O4/c23-24-20-11-13(9-10-18(20)21(25)26)22(27)28-12-19-16-7-3-1-5-14(16)15-6-2-4-8-17(15)19/h1-11,19,24H,12,23H2,(H,25,26). The number of ether oxygens (including phenoxy) is 1. The molecule has 0 heterocycles. The summed E-state index contributed by atoms with van der Waals surface area (Å²) in [5.74, 6) is 3.67. The van der Waals surface area contributed by atoms with Crippen LogP contribution >= 0.6 is 0 Å². The lowest BCUT2D eigenvalue weighted by Crippen LogP contribution is -2.15. The second kappa shape index (κ2) is 7.17. The second-order valence-corrected chi connectivity index (χ2v) is 6.54. The van der Waals surface area contributed by atoms with Crippen molar-refractivity contribution in [2.24, 2.45) is 5.84 Å². The van der Waals surface area contributed by atoms with Gasteiger partial charge in [-0.3, -0.25) is 5.84 Å². The normalized spacial score (nSPS) is 12.2. The molecule has 140 valence electrons. The van der Waals surface area contributed by atoms with Crippen LogP contribution < -0.4 is 11.3 Å². The summed E-state index contributed by atoms with van der Waals surface area (Å²) in [6.45, 7) is 0.193. The third-order valence-corrected chi connectivity index (χ3v) is 4.98. The second-order valence-electron chi connectivity index (χ2n) is 6.54. The fourth-order valence-corrected chi connectivity index (χ4v) is 3.66. The Kier molecular flexibility index (Phi) is 4.55. The lowest BCUT2D eigenvalue weighted by Gasteiger charge is -2.14. The number of hydrogen-bond acceptors (Lipinski definition) is 5. The van der Waals surface area contributed by atoms with E-state index in [1.165, 1.54) is 18.2 Å². The van der Waals surface area contributed by atoms with E-state index in [2.05, 4.69) is 17.6 Å². The predicted octanol–water partition coefficient (Wildman–Crippen LogP) is 3.64. The highest BCUT2D eigenvalue weighted by Gasteiger charge is 2.29. The largest absolute Gasteiger partial charge is 0.478 e. The molecule has 0 aromatic heterocycles. The van der Waals surface area contributed by atoms with Crippen LogP contribution in [0.15, 0.2) is 66.7 Å². The number of nitrogens with one attached hydrogen (secondary N) is 1. The molecule has 0 fully saturated rings. The van der Waals surface area contributed by atoms with E-state index in [1.54, 1.807) is 0 Å². The molecule has 1 aliphatic rings. The zero-order valence-corrected chi connectivity index (χ0v) is 14.9. The average molecular weight is 374 g/mol. The first-order valence-electron chi connectivity index (χ1n) is 8.79. The molecule has 3 aromatic rings. The van der Waals surface area contributed by atoms with Gasteiger partial charge in [-0.15, -0.1) is 0 Å². The van der Waals surface area contributed by atoms with Crippen LogP contribution in [0.5, 0.6) is 0 Å². The van der Waals surface area contributed by atoms with Crippen LogP contribution in [-0.4, -0.2) is 23.7 Å². The summed E-state index contributed by atoms with van der Waals surface area (Å²) in [5, 5.41) is 9.15. The highest BCUT2D eigenvalue weighted by molar-refractivity contribution is 5.98. The van der Waals surface area contributed by atoms with E-state index in [4.69, 9.17) is 15.7 Å². The summed E-state index contributed by atoms with van der Waals surface area (Å²) in [6, 6.07) is 20.3. The Morgan fingerprint density at radius 1 is 0.964 bits per heavy atom. The number of hydrazine groups is 1. The lowest BCUT2D eigenvalue weighted by atomic mass is 9.98. The molecule has 0 saturated heterocycles. The maximum absolute atomic E-state index is 12.5. The summed E-state index contributed by atoms with van der Waals surface area (Å²) in [4.78, 5) is 23.7. The van der Waals surface area contributed by atoms with Crippen LogP contribution in [0.3, 0.4) is 0 Å².